The Kier molecular flexibility index (Phi) is 2.18. The summed E-state index contributed by atoms with van der Waals surface area (Å²) in [4.78, 5) is 0. The van der Waals surface area contributed by atoms with Crippen molar-refractivity contribution in [2.75, 3.05) is 0 Å². The van der Waals surface area contributed by atoms with Gasteiger partial charge in [0.15, 0.2) is 0 Å². The van der Waals surface area contributed by atoms with E-state index in [1.807, 2.05) is 6.07 Å². The number of furan rings is 1. The Bertz CT molecular complexity index is 836. The molecule has 2 aromatic carbocycles. The van der Waals surface area contributed by atoms with Gasteiger partial charge >= 0.3 is 7.12 Å². The molecule has 1 aromatic heterocycles. The van der Waals surface area contributed by atoms with Crippen molar-refractivity contribution >= 4 is 23.4 Å². The third-order valence-corrected chi connectivity index (χ3v) is 5.34. The van der Waals surface area contributed by atoms with E-state index in [1.165, 1.54) is 21.9 Å². The van der Waals surface area contributed by atoms with E-state index in [0.29, 0.717) is 0 Å². The quantitative estimate of drug-likeness (QED) is 0.644. The molecule has 0 spiro atoms. The molecule has 1 aliphatic carbocycles. The lowest BCUT2D eigenvalue weighted by Crippen LogP contribution is -2.38. The molecule has 1 aliphatic heterocycles. The fourth-order valence-electron chi connectivity index (χ4n) is 4.00. The van der Waals surface area contributed by atoms with E-state index in [2.05, 4.69) is 50.2 Å². The Morgan fingerprint density at radius 3 is 2.05 bits per heavy atom. The molecule has 1 saturated heterocycles. The minimum atomic E-state index is -0.502. The van der Waals surface area contributed by atoms with Gasteiger partial charge in [0, 0.05) is 5.46 Å². The van der Waals surface area contributed by atoms with Crippen LogP contribution < -0.4 is 5.46 Å². The molecule has 0 amide bonds. The summed E-state index contributed by atoms with van der Waals surface area (Å²) in [5.41, 5.74) is 2.32. The van der Waals surface area contributed by atoms with Crippen LogP contribution >= 0.6 is 0 Å². The lowest BCUT2D eigenvalue weighted by Gasteiger charge is -2.34. The smallest absolute Gasteiger partial charge is 0.473 e. The molecule has 1 fully saturated rings. The van der Waals surface area contributed by atoms with E-state index >= 15 is 0 Å². The molecule has 0 unspecified atom stereocenters. The molecule has 22 heavy (non-hydrogen) atoms. The van der Waals surface area contributed by atoms with Crippen LogP contribution in [0.15, 0.2) is 59.4 Å². The van der Waals surface area contributed by atoms with Crippen LogP contribution in [0.1, 0.15) is 25.0 Å². The van der Waals surface area contributed by atoms with Crippen LogP contribution in [0.3, 0.4) is 0 Å². The largest absolute Gasteiger partial charge is 0.498 e. The fourth-order valence-corrected chi connectivity index (χ4v) is 4.00. The van der Waals surface area contributed by atoms with Gasteiger partial charge < -0.3 is 13.7 Å². The molecule has 0 radical (unpaired) electrons. The second kappa shape index (κ2) is 3.83. The van der Waals surface area contributed by atoms with Gasteiger partial charge in [-0.2, -0.15) is 0 Å². The van der Waals surface area contributed by atoms with E-state index in [0.717, 1.165) is 5.46 Å². The van der Waals surface area contributed by atoms with Crippen molar-refractivity contribution in [3.05, 3.63) is 66.1 Å². The Balaban J connectivity index is 1.76. The zero-order chi connectivity index (χ0) is 14.9. The molecule has 2 atom stereocenters. The summed E-state index contributed by atoms with van der Waals surface area (Å²) in [5.74, 6) is 0. The maximum absolute atomic E-state index is 6.41. The van der Waals surface area contributed by atoms with Gasteiger partial charge in [-0.1, -0.05) is 36.4 Å². The first-order valence-corrected chi connectivity index (χ1v) is 7.54. The standard InChI is InChI=1S/C18H15BO3/c1-17-14-7-3-5-12-6-4-8-15(16(12)14)18(17,2)22-19(21-17)13-9-10-20-11-13/h3-11H,1-2H3/t17-,18+. The third-order valence-electron chi connectivity index (χ3n) is 5.34. The number of benzene rings is 2. The lowest BCUT2D eigenvalue weighted by atomic mass is 9.81. The molecule has 0 saturated carbocycles. The second-order valence-corrected chi connectivity index (χ2v) is 6.40. The van der Waals surface area contributed by atoms with Crippen molar-refractivity contribution in [2.45, 2.75) is 25.0 Å². The zero-order valence-electron chi connectivity index (χ0n) is 12.5. The molecule has 4 heteroatoms. The molecular weight excluding hydrogens is 275 g/mol. The van der Waals surface area contributed by atoms with Crippen LogP contribution in [0.25, 0.3) is 10.8 Å². The van der Waals surface area contributed by atoms with Gasteiger partial charge in [0.1, 0.15) is 11.2 Å². The fraction of sp³-hybridized carbons (Fsp3) is 0.222. The Hall–Kier alpha value is -2.04. The van der Waals surface area contributed by atoms with Crippen molar-refractivity contribution in [2.24, 2.45) is 0 Å². The third kappa shape index (κ3) is 1.26. The Labute approximate surface area is 129 Å². The van der Waals surface area contributed by atoms with Gasteiger partial charge in [0.25, 0.3) is 0 Å². The lowest BCUT2D eigenvalue weighted by molar-refractivity contribution is -0.0222. The highest BCUT2D eigenvalue weighted by atomic mass is 16.7. The monoisotopic (exact) mass is 290 g/mol. The normalized spacial score (nSPS) is 29.3. The van der Waals surface area contributed by atoms with Crippen LogP contribution in [-0.4, -0.2) is 7.12 Å². The topological polar surface area (TPSA) is 31.6 Å². The molecule has 0 bridgehead atoms. The van der Waals surface area contributed by atoms with E-state index in [4.69, 9.17) is 13.7 Å². The minimum absolute atomic E-state index is 0.405. The summed E-state index contributed by atoms with van der Waals surface area (Å²) in [6.45, 7) is 4.25. The van der Waals surface area contributed by atoms with Crippen molar-refractivity contribution < 1.29 is 13.7 Å². The van der Waals surface area contributed by atoms with E-state index in [-0.39, 0.29) is 0 Å². The number of hydrogen-bond acceptors (Lipinski definition) is 3. The van der Waals surface area contributed by atoms with Crippen LogP contribution in [0, 0.1) is 0 Å². The zero-order valence-corrected chi connectivity index (χ0v) is 12.5. The highest BCUT2D eigenvalue weighted by Gasteiger charge is 2.63. The molecule has 2 aliphatic rings. The summed E-state index contributed by atoms with van der Waals surface area (Å²) < 4.78 is 18.0. The highest BCUT2D eigenvalue weighted by Crippen LogP contribution is 2.59. The predicted molar refractivity (Wildman–Crippen MR) is 84.9 cm³/mol. The first-order valence-electron chi connectivity index (χ1n) is 7.54. The van der Waals surface area contributed by atoms with Gasteiger partial charge in [-0.25, -0.2) is 0 Å². The average Bonchev–Trinajstić information content (AvgIpc) is 3.17. The van der Waals surface area contributed by atoms with Crippen LogP contribution in [0.5, 0.6) is 0 Å². The molecule has 108 valence electrons. The Morgan fingerprint density at radius 1 is 0.864 bits per heavy atom. The second-order valence-electron chi connectivity index (χ2n) is 6.40. The van der Waals surface area contributed by atoms with Gasteiger partial charge in [-0.15, -0.1) is 0 Å². The Morgan fingerprint density at radius 2 is 1.50 bits per heavy atom. The van der Waals surface area contributed by atoms with Crippen LogP contribution in [0.4, 0.5) is 0 Å². The van der Waals surface area contributed by atoms with Crippen molar-refractivity contribution in [3.8, 4) is 0 Å². The van der Waals surface area contributed by atoms with Gasteiger partial charge in [0.05, 0.1) is 12.5 Å². The highest BCUT2D eigenvalue weighted by molar-refractivity contribution is 6.62. The summed E-state index contributed by atoms with van der Waals surface area (Å²) >= 11 is 0. The van der Waals surface area contributed by atoms with Crippen molar-refractivity contribution in [1.29, 1.82) is 0 Å². The molecule has 5 rings (SSSR count). The molecular formula is C18H15BO3. The van der Waals surface area contributed by atoms with Crippen molar-refractivity contribution in [3.63, 3.8) is 0 Å². The van der Waals surface area contributed by atoms with Crippen LogP contribution in [0.2, 0.25) is 0 Å². The maximum Gasteiger partial charge on any atom is 0.498 e. The van der Waals surface area contributed by atoms with Gasteiger partial charge in [-0.3, -0.25) is 0 Å². The molecule has 0 N–H and O–H groups in total. The first kappa shape index (κ1) is 12.5. The number of rotatable bonds is 1. The summed E-state index contributed by atoms with van der Waals surface area (Å²) in [7, 11) is -0.405. The maximum atomic E-state index is 6.41. The molecule has 3 nitrogen and oxygen atoms in total. The molecule has 2 heterocycles. The van der Waals surface area contributed by atoms with Gasteiger partial charge in [0.2, 0.25) is 0 Å². The number of hydrogen-bond donors (Lipinski definition) is 0. The predicted octanol–water partition coefficient (Wildman–Crippen LogP) is 3.32. The number of fused-ring (bicyclic) bond motifs is 3. The molecule has 3 aromatic rings. The van der Waals surface area contributed by atoms with Crippen LogP contribution in [-0.2, 0) is 20.5 Å². The average molecular weight is 290 g/mol. The van der Waals surface area contributed by atoms with E-state index < -0.39 is 18.3 Å². The van der Waals surface area contributed by atoms with E-state index in [1.54, 1.807) is 12.5 Å². The SMILES string of the molecule is C[C@@]12OB(c3ccoc3)O[C@]1(C)c1cccc3cccc2c13. The first-order chi connectivity index (χ1) is 10.6. The summed E-state index contributed by atoms with van der Waals surface area (Å²) in [5, 5.41) is 2.50. The summed E-state index contributed by atoms with van der Waals surface area (Å²) in [6.07, 6.45) is 3.33. The summed E-state index contributed by atoms with van der Waals surface area (Å²) in [6, 6.07) is 14.7. The van der Waals surface area contributed by atoms with Crippen molar-refractivity contribution in [1.82, 2.24) is 0 Å². The minimum Gasteiger partial charge on any atom is -0.473 e. The van der Waals surface area contributed by atoms with Gasteiger partial charge in [-0.05, 0) is 41.8 Å². The van der Waals surface area contributed by atoms with E-state index in [9.17, 15) is 0 Å².